The maximum atomic E-state index is 12.7. The summed E-state index contributed by atoms with van der Waals surface area (Å²) >= 11 is 1.54. The van der Waals surface area contributed by atoms with Crippen molar-refractivity contribution in [3.8, 4) is 11.3 Å². The van der Waals surface area contributed by atoms with Gasteiger partial charge in [0.25, 0.3) is 5.91 Å². The molecule has 0 bridgehead atoms. The number of rotatable bonds is 2. The Kier molecular flexibility index (Phi) is 4.73. The van der Waals surface area contributed by atoms with E-state index in [2.05, 4.69) is 69.4 Å². The maximum Gasteiger partial charge on any atom is 0.263 e. The molecule has 1 atom stereocenters. The first-order valence-corrected chi connectivity index (χ1v) is 12.0. The number of fused-ring (bicyclic) bond motifs is 5. The molecule has 2 aromatic carbocycles. The summed E-state index contributed by atoms with van der Waals surface area (Å²) in [5.41, 5.74) is 5.22. The molecule has 32 heavy (non-hydrogen) atoms. The molecule has 162 valence electrons. The minimum atomic E-state index is 0.00107. The molecule has 0 spiro atoms. The number of carbonyl (C=O) groups is 1. The van der Waals surface area contributed by atoms with Gasteiger partial charge < -0.3 is 20.9 Å². The smallest absolute Gasteiger partial charge is 0.263 e. The van der Waals surface area contributed by atoms with Crippen LogP contribution in [0.2, 0.25) is 0 Å². The predicted molar refractivity (Wildman–Crippen MR) is 133 cm³/mol. The fraction of sp³-hybridized carbons (Fsp3) is 0.280. The van der Waals surface area contributed by atoms with E-state index in [1.807, 2.05) is 6.92 Å². The van der Waals surface area contributed by atoms with Crippen molar-refractivity contribution in [2.75, 3.05) is 42.9 Å². The first kappa shape index (κ1) is 19.5. The van der Waals surface area contributed by atoms with Gasteiger partial charge in [-0.25, -0.2) is 4.98 Å². The lowest BCUT2D eigenvalue weighted by atomic mass is 10.1. The highest BCUT2D eigenvalue weighted by molar-refractivity contribution is 7.21. The van der Waals surface area contributed by atoms with E-state index in [9.17, 15) is 4.79 Å². The highest BCUT2D eigenvalue weighted by atomic mass is 32.1. The molecule has 4 heterocycles. The van der Waals surface area contributed by atoms with Crippen molar-refractivity contribution in [3.63, 3.8) is 0 Å². The molecule has 1 saturated heterocycles. The molecule has 7 heteroatoms. The van der Waals surface area contributed by atoms with Crippen LogP contribution in [0, 0.1) is 0 Å². The van der Waals surface area contributed by atoms with Gasteiger partial charge in [-0.15, -0.1) is 11.3 Å². The molecule has 6 rings (SSSR count). The molecule has 0 aliphatic carbocycles. The third-order valence-electron chi connectivity index (χ3n) is 6.31. The summed E-state index contributed by atoms with van der Waals surface area (Å²) in [7, 11) is 0. The molecule has 3 N–H and O–H groups in total. The van der Waals surface area contributed by atoms with Gasteiger partial charge in [-0.2, -0.15) is 0 Å². The van der Waals surface area contributed by atoms with E-state index in [0.29, 0.717) is 6.54 Å². The molecule has 1 fully saturated rings. The van der Waals surface area contributed by atoms with E-state index < -0.39 is 0 Å². The predicted octanol–water partition coefficient (Wildman–Crippen LogP) is 4.07. The highest BCUT2D eigenvalue weighted by Gasteiger charge is 2.24. The van der Waals surface area contributed by atoms with Gasteiger partial charge in [-0.3, -0.25) is 4.79 Å². The number of aromatic nitrogens is 1. The van der Waals surface area contributed by atoms with Crippen molar-refractivity contribution in [2.24, 2.45) is 0 Å². The fourth-order valence-corrected chi connectivity index (χ4v) is 5.77. The van der Waals surface area contributed by atoms with E-state index in [-0.39, 0.29) is 11.9 Å². The zero-order valence-electron chi connectivity index (χ0n) is 17.9. The number of nitrogens with one attached hydrogen (secondary N) is 3. The molecular weight excluding hydrogens is 418 g/mol. The Morgan fingerprint density at radius 1 is 1.09 bits per heavy atom. The molecule has 4 aromatic rings. The Labute approximate surface area is 190 Å². The second kappa shape index (κ2) is 7.76. The molecule has 1 unspecified atom stereocenters. The van der Waals surface area contributed by atoms with Crippen molar-refractivity contribution >= 4 is 49.6 Å². The zero-order valence-corrected chi connectivity index (χ0v) is 18.8. The number of nitrogens with zero attached hydrogens (tertiary/aromatic N) is 2. The van der Waals surface area contributed by atoms with Crippen LogP contribution in [0.3, 0.4) is 0 Å². The number of pyridine rings is 1. The number of hydrogen-bond donors (Lipinski definition) is 3. The summed E-state index contributed by atoms with van der Waals surface area (Å²) in [5, 5.41) is 12.1. The number of carbonyl (C=O) groups excluding carboxylic acids is 1. The van der Waals surface area contributed by atoms with Gasteiger partial charge in [0.05, 0.1) is 16.9 Å². The third-order valence-corrected chi connectivity index (χ3v) is 7.47. The van der Waals surface area contributed by atoms with Gasteiger partial charge in [0.15, 0.2) is 0 Å². The van der Waals surface area contributed by atoms with Crippen molar-refractivity contribution in [1.82, 2.24) is 15.6 Å². The highest BCUT2D eigenvalue weighted by Crippen LogP contribution is 2.41. The molecule has 2 aliphatic rings. The van der Waals surface area contributed by atoms with Crippen LogP contribution < -0.4 is 20.9 Å². The lowest BCUT2D eigenvalue weighted by Gasteiger charge is -2.29. The molecule has 0 saturated carbocycles. The summed E-state index contributed by atoms with van der Waals surface area (Å²) in [4.78, 5) is 20.8. The number of amides is 1. The summed E-state index contributed by atoms with van der Waals surface area (Å²) in [5.74, 6) is 0.00107. The van der Waals surface area contributed by atoms with Crippen molar-refractivity contribution in [2.45, 2.75) is 13.0 Å². The quantitative estimate of drug-likeness (QED) is 0.436. The minimum absolute atomic E-state index is 0.00107. The van der Waals surface area contributed by atoms with Crippen LogP contribution in [-0.2, 0) is 0 Å². The number of anilines is 2. The molecular formula is C25H25N5OS. The Morgan fingerprint density at radius 3 is 2.84 bits per heavy atom. The number of thiophene rings is 1. The van der Waals surface area contributed by atoms with E-state index in [1.54, 1.807) is 11.3 Å². The Balaban J connectivity index is 1.44. The fourth-order valence-electron chi connectivity index (χ4n) is 4.67. The largest absolute Gasteiger partial charge is 0.381 e. The van der Waals surface area contributed by atoms with Crippen LogP contribution >= 0.6 is 11.3 Å². The molecule has 2 aromatic heterocycles. The second-order valence-electron chi connectivity index (χ2n) is 8.55. The van der Waals surface area contributed by atoms with Crippen LogP contribution in [0.4, 0.5) is 11.4 Å². The van der Waals surface area contributed by atoms with Gasteiger partial charge in [0.2, 0.25) is 0 Å². The van der Waals surface area contributed by atoms with Crippen molar-refractivity contribution in [1.29, 1.82) is 0 Å². The van der Waals surface area contributed by atoms with Gasteiger partial charge in [-0.1, -0.05) is 12.1 Å². The average Bonchev–Trinajstić information content (AvgIpc) is 3.16. The molecule has 6 nitrogen and oxygen atoms in total. The monoisotopic (exact) mass is 443 g/mol. The van der Waals surface area contributed by atoms with Gasteiger partial charge in [0.1, 0.15) is 4.88 Å². The maximum absolute atomic E-state index is 12.7. The van der Waals surface area contributed by atoms with E-state index >= 15 is 0 Å². The van der Waals surface area contributed by atoms with E-state index in [0.717, 1.165) is 69.0 Å². The first-order chi connectivity index (χ1) is 15.7. The number of benzene rings is 2. The van der Waals surface area contributed by atoms with Gasteiger partial charge >= 0.3 is 0 Å². The minimum Gasteiger partial charge on any atom is -0.381 e. The van der Waals surface area contributed by atoms with E-state index in [1.165, 1.54) is 5.69 Å². The summed E-state index contributed by atoms with van der Waals surface area (Å²) in [6.07, 6.45) is 0. The van der Waals surface area contributed by atoms with Gasteiger partial charge in [0, 0.05) is 65.5 Å². The van der Waals surface area contributed by atoms with Crippen LogP contribution in [-0.4, -0.2) is 49.7 Å². The lowest BCUT2D eigenvalue weighted by Crippen LogP contribution is -2.43. The zero-order chi connectivity index (χ0) is 21.7. The summed E-state index contributed by atoms with van der Waals surface area (Å²) in [6, 6.07) is 17.2. The summed E-state index contributed by atoms with van der Waals surface area (Å²) < 4.78 is 1.11. The third kappa shape index (κ3) is 3.29. The lowest BCUT2D eigenvalue weighted by molar-refractivity contribution is 0.0949. The normalized spacial score (nSPS) is 18.8. The van der Waals surface area contributed by atoms with Crippen molar-refractivity contribution in [3.05, 3.63) is 53.4 Å². The summed E-state index contributed by atoms with van der Waals surface area (Å²) in [6.45, 7) is 6.81. The van der Waals surface area contributed by atoms with Crippen LogP contribution in [0.15, 0.2) is 48.5 Å². The standard InChI is InChI=1S/C25H25N5OS/c1-15-14-27-23-22-18-5-6-19(16-3-2-4-17(13-16)30-11-9-26-10-12-30)29-20(18)7-8-21(22)32-24(23)25(31)28-15/h2-8,13,15,26-27H,9-12,14H2,1H3,(H,28,31). The van der Waals surface area contributed by atoms with Gasteiger partial charge in [-0.05, 0) is 43.3 Å². The van der Waals surface area contributed by atoms with Crippen LogP contribution in [0.25, 0.3) is 32.2 Å². The number of piperazine rings is 1. The topological polar surface area (TPSA) is 69.3 Å². The van der Waals surface area contributed by atoms with Crippen molar-refractivity contribution < 1.29 is 4.79 Å². The molecule has 2 aliphatic heterocycles. The van der Waals surface area contributed by atoms with E-state index in [4.69, 9.17) is 4.98 Å². The molecule has 0 radical (unpaired) electrons. The number of hydrogen-bond acceptors (Lipinski definition) is 6. The second-order valence-corrected chi connectivity index (χ2v) is 9.60. The first-order valence-electron chi connectivity index (χ1n) is 11.1. The SMILES string of the molecule is CC1CNc2c(sc3ccc4nc(-c5cccc(N6CCNCC6)c5)ccc4c23)C(=O)N1. The average molecular weight is 444 g/mol. The van der Waals surface area contributed by atoms with Crippen LogP contribution in [0.1, 0.15) is 16.6 Å². The molecule has 1 amide bonds. The van der Waals surface area contributed by atoms with Crippen LogP contribution in [0.5, 0.6) is 0 Å². The Morgan fingerprint density at radius 2 is 1.97 bits per heavy atom. The Hall–Kier alpha value is -3.16. The Bertz CT molecular complexity index is 1340.